The van der Waals surface area contributed by atoms with Gasteiger partial charge in [-0.2, -0.15) is 13.2 Å². The molecule has 0 saturated heterocycles. The van der Waals surface area contributed by atoms with Crippen LogP contribution in [0.4, 0.5) is 18.9 Å². The number of amides is 1. The summed E-state index contributed by atoms with van der Waals surface area (Å²) in [4.78, 5) is 13.2. The SMILES string of the molecule is C=CCn1c(SCC(=O)Nc2cc(C(F)(F)F)ccc2Cl)nnc1-c1cccs1. The first-order valence-electron chi connectivity index (χ1n) is 8.17. The third-order valence-corrected chi connectivity index (χ3v) is 5.83. The van der Waals surface area contributed by atoms with Gasteiger partial charge in [-0.25, -0.2) is 0 Å². The quantitative estimate of drug-likeness (QED) is 0.370. The Morgan fingerprint density at radius 3 is 2.79 bits per heavy atom. The fourth-order valence-electron chi connectivity index (χ4n) is 2.39. The molecule has 0 fully saturated rings. The molecule has 0 saturated carbocycles. The first-order valence-corrected chi connectivity index (χ1v) is 10.4. The number of thioether (sulfide) groups is 1. The van der Waals surface area contributed by atoms with E-state index in [4.69, 9.17) is 11.6 Å². The van der Waals surface area contributed by atoms with Crippen LogP contribution in [0.3, 0.4) is 0 Å². The third-order valence-electron chi connectivity index (χ3n) is 3.67. The molecule has 0 spiro atoms. The maximum atomic E-state index is 12.9. The molecule has 11 heteroatoms. The molecule has 3 aromatic rings. The van der Waals surface area contributed by atoms with Gasteiger partial charge in [0.1, 0.15) is 0 Å². The smallest absolute Gasteiger partial charge is 0.324 e. The molecule has 1 N–H and O–H groups in total. The van der Waals surface area contributed by atoms with Crippen LogP contribution in [0.1, 0.15) is 5.56 Å². The van der Waals surface area contributed by atoms with Gasteiger partial charge < -0.3 is 5.32 Å². The van der Waals surface area contributed by atoms with Crippen LogP contribution < -0.4 is 5.32 Å². The monoisotopic (exact) mass is 458 g/mol. The molecule has 29 heavy (non-hydrogen) atoms. The number of allylic oxidation sites excluding steroid dienone is 1. The normalized spacial score (nSPS) is 11.4. The highest BCUT2D eigenvalue weighted by Gasteiger charge is 2.31. The van der Waals surface area contributed by atoms with Crippen molar-refractivity contribution >= 4 is 46.3 Å². The van der Waals surface area contributed by atoms with Crippen LogP contribution >= 0.6 is 34.7 Å². The van der Waals surface area contributed by atoms with Gasteiger partial charge in [0.2, 0.25) is 5.91 Å². The maximum absolute atomic E-state index is 12.9. The number of benzene rings is 1. The molecule has 2 aromatic heterocycles. The second-order valence-electron chi connectivity index (χ2n) is 5.71. The number of hydrogen-bond donors (Lipinski definition) is 1. The van der Waals surface area contributed by atoms with Gasteiger partial charge in [0.25, 0.3) is 0 Å². The van der Waals surface area contributed by atoms with E-state index in [2.05, 4.69) is 22.1 Å². The van der Waals surface area contributed by atoms with Crippen molar-refractivity contribution in [1.29, 1.82) is 0 Å². The lowest BCUT2D eigenvalue weighted by Crippen LogP contribution is -2.16. The summed E-state index contributed by atoms with van der Waals surface area (Å²) in [5.41, 5.74) is -0.991. The van der Waals surface area contributed by atoms with Crippen LogP contribution in [0.25, 0.3) is 10.7 Å². The molecule has 0 bridgehead atoms. The van der Waals surface area contributed by atoms with E-state index in [1.807, 2.05) is 22.1 Å². The van der Waals surface area contributed by atoms with Gasteiger partial charge in [-0.05, 0) is 29.6 Å². The zero-order chi connectivity index (χ0) is 21.0. The summed E-state index contributed by atoms with van der Waals surface area (Å²) in [6.45, 7) is 4.17. The van der Waals surface area contributed by atoms with Crippen molar-refractivity contribution in [2.45, 2.75) is 17.9 Å². The largest absolute Gasteiger partial charge is 0.416 e. The summed E-state index contributed by atoms with van der Waals surface area (Å²) < 4.78 is 40.4. The van der Waals surface area contributed by atoms with E-state index >= 15 is 0 Å². The van der Waals surface area contributed by atoms with Crippen molar-refractivity contribution in [2.75, 3.05) is 11.1 Å². The van der Waals surface area contributed by atoms with E-state index in [-0.39, 0.29) is 16.5 Å². The van der Waals surface area contributed by atoms with E-state index in [0.29, 0.717) is 17.5 Å². The molecule has 0 aliphatic heterocycles. The second-order valence-corrected chi connectivity index (χ2v) is 8.01. The van der Waals surface area contributed by atoms with Crippen molar-refractivity contribution < 1.29 is 18.0 Å². The van der Waals surface area contributed by atoms with Crippen LogP contribution in [0, 0.1) is 0 Å². The van der Waals surface area contributed by atoms with Crippen molar-refractivity contribution in [3.05, 3.63) is 59.0 Å². The number of carbonyl (C=O) groups excluding carboxylic acids is 1. The van der Waals surface area contributed by atoms with Crippen LogP contribution in [0.2, 0.25) is 5.02 Å². The predicted molar refractivity (Wildman–Crippen MR) is 109 cm³/mol. The van der Waals surface area contributed by atoms with Crippen molar-refractivity contribution in [1.82, 2.24) is 14.8 Å². The summed E-state index contributed by atoms with van der Waals surface area (Å²) in [5.74, 6) is 0.0672. The second kappa shape index (κ2) is 9.02. The Kier molecular flexibility index (Phi) is 6.66. The minimum absolute atomic E-state index is 0.0196. The number of carbonyl (C=O) groups is 1. The average Bonchev–Trinajstić information content (AvgIpc) is 3.31. The van der Waals surface area contributed by atoms with Crippen molar-refractivity contribution in [3.8, 4) is 10.7 Å². The fourth-order valence-corrected chi connectivity index (χ4v) is 4.02. The summed E-state index contributed by atoms with van der Waals surface area (Å²) in [5, 5.41) is 13.1. The molecule has 0 aliphatic rings. The molecule has 1 aromatic carbocycles. The predicted octanol–water partition coefficient (Wildman–Crippen LogP) is 5.60. The third kappa shape index (κ3) is 5.20. The molecule has 2 heterocycles. The van der Waals surface area contributed by atoms with Crippen LogP contribution in [-0.2, 0) is 17.5 Å². The Labute approximate surface area is 177 Å². The van der Waals surface area contributed by atoms with Crippen LogP contribution in [0.5, 0.6) is 0 Å². The Morgan fingerprint density at radius 2 is 2.14 bits per heavy atom. The topological polar surface area (TPSA) is 59.8 Å². The Morgan fingerprint density at radius 1 is 1.34 bits per heavy atom. The number of rotatable bonds is 7. The van der Waals surface area contributed by atoms with E-state index in [0.717, 1.165) is 34.8 Å². The van der Waals surface area contributed by atoms with E-state index in [1.54, 1.807) is 6.08 Å². The Bertz CT molecular complexity index is 1020. The molecular formula is C18H14ClF3N4OS2. The number of aromatic nitrogens is 3. The van der Waals surface area contributed by atoms with Crippen molar-refractivity contribution in [3.63, 3.8) is 0 Å². The fraction of sp³-hybridized carbons (Fsp3) is 0.167. The zero-order valence-electron chi connectivity index (χ0n) is 14.7. The molecule has 0 aliphatic carbocycles. The number of thiophene rings is 1. The van der Waals surface area contributed by atoms with Crippen molar-refractivity contribution in [2.24, 2.45) is 0 Å². The first kappa shape index (κ1) is 21.4. The molecule has 1 amide bonds. The van der Waals surface area contributed by atoms with Gasteiger partial charge in [0.15, 0.2) is 11.0 Å². The van der Waals surface area contributed by atoms with E-state index in [9.17, 15) is 18.0 Å². The summed E-state index contributed by atoms with van der Waals surface area (Å²) in [7, 11) is 0. The van der Waals surface area contributed by atoms with Gasteiger partial charge in [-0.1, -0.05) is 35.5 Å². The molecule has 0 unspecified atom stereocenters. The zero-order valence-corrected chi connectivity index (χ0v) is 17.1. The number of nitrogens with zero attached hydrogens (tertiary/aromatic N) is 3. The van der Waals surface area contributed by atoms with Gasteiger partial charge >= 0.3 is 6.18 Å². The lowest BCUT2D eigenvalue weighted by molar-refractivity contribution is -0.137. The highest BCUT2D eigenvalue weighted by Crippen LogP contribution is 2.34. The minimum Gasteiger partial charge on any atom is -0.324 e. The molecule has 152 valence electrons. The van der Waals surface area contributed by atoms with Crippen LogP contribution in [0.15, 0.2) is 53.5 Å². The van der Waals surface area contributed by atoms with Crippen LogP contribution in [-0.4, -0.2) is 26.4 Å². The van der Waals surface area contributed by atoms with Gasteiger partial charge in [-0.3, -0.25) is 9.36 Å². The Balaban J connectivity index is 1.71. The lowest BCUT2D eigenvalue weighted by atomic mass is 10.2. The maximum Gasteiger partial charge on any atom is 0.416 e. The number of nitrogens with one attached hydrogen (secondary N) is 1. The minimum atomic E-state index is -4.53. The number of hydrogen-bond acceptors (Lipinski definition) is 5. The highest BCUT2D eigenvalue weighted by molar-refractivity contribution is 7.99. The molecule has 3 rings (SSSR count). The summed E-state index contributed by atoms with van der Waals surface area (Å²) >= 11 is 8.53. The summed E-state index contributed by atoms with van der Waals surface area (Å²) in [6.07, 6.45) is -2.84. The summed E-state index contributed by atoms with van der Waals surface area (Å²) in [6, 6.07) is 6.56. The van der Waals surface area contributed by atoms with Gasteiger partial charge in [0.05, 0.1) is 26.9 Å². The number of alkyl halides is 3. The molecule has 0 atom stereocenters. The van der Waals surface area contributed by atoms with E-state index in [1.165, 1.54) is 11.3 Å². The highest BCUT2D eigenvalue weighted by atomic mass is 35.5. The van der Waals surface area contributed by atoms with E-state index < -0.39 is 17.6 Å². The molecule has 0 radical (unpaired) electrons. The first-order chi connectivity index (χ1) is 13.8. The lowest BCUT2D eigenvalue weighted by Gasteiger charge is -2.11. The molecular weight excluding hydrogens is 445 g/mol. The Hall–Kier alpha value is -2.30. The van der Waals surface area contributed by atoms with Gasteiger partial charge in [0, 0.05) is 6.54 Å². The van der Waals surface area contributed by atoms with Gasteiger partial charge in [-0.15, -0.1) is 28.1 Å². The molecule has 5 nitrogen and oxygen atoms in total. The average molecular weight is 459 g/mol. The standard InChI is InChI=1S/C18H14ClF3N4OS2/c1-2-7-26-16(14-4-3-8-28-14)24-25-17(26)29-10-15(27)23-13-9-11(18(20,21)22)5-6-12(13)19/h2-6,8-9H,1,7,10H2,(H,23,27). The number of anilines is 1. The number of halogens is 4.